The molecule has 1 aliphatic rings. The molecule has 14 heteroatoms. The van der Waals surface area contributed by atoms with Gasteiger partial charge in [-0.3, -0.25) is 4.79 Å². The number of halogens is 3. The van der Waals surface area contributed by atoms with Gasteiger partial charge in [-0.1, -0.05) is 50.2 Å². The minimum Gasteiger partial charge on any atom is -0.373 e. The molecule has 0 bridgehead atoms. The summed E-state index contributed by atoms with van der Waals surface area (Å²) in [6.07, 6.45) is 0. The number of para-hydroxylation sites is 2. The Balaban J connectivity index is 1.57. The number of alkyl halides is 3. The normalized spacial score (nSPS) is 18.2. The smallest absolute Gasteiger partial charge is 0.373 e. The zero-order valence-corrected chi connectivity index (χ0v) is 27.1. The second kappa shape index (κ2) is 11.8. The Morgan fingerprint density at radius 1 is 0.771 bits per heavy atom. The van der Waals surface area contributed by atoms with E-state index in [4.69, 9.17) is 0 Å². The fraction of sp³-hybridized carbons (Fsp3) is 0.235. The highest BCUT2D eigenvalue weighted by molar-refractivity contribution is 7.92. The zero-order chi connectivity index (χ0) is 34.6. The number of nitrogens with zero attached hydrogens (tertiary/aromatic N) is 3. The molecule has 6 rings (SSSR count). The largest absolute Gasteiger partial charge is 0.501 e. The lowest BCUT2D eigenvalue weighted by atomic mass is 9.68. The fourth-order valence-corrected chi connectivity index (χ4v) is 7.30. The maximum absolute atomic E-state index is 15.0. The number of imide groups is 1. The Bertz CT molecular complexity index is 2100. The quantitative estimate of drug-likeness (QED) is 0.157. The van der Waals surface area contributed by atoms with Crippen molar-refractivity contribution in [2.45, 2.75) is 41.6 Å². The van der Waals surface area contributed by atoms with Crippen molar-refractivity contribution >= 4 is 60.9 Å². The van der Waals surface area contributed by atoms with Gasteiger partial charge < -0.3 is 16.0 Å². The number of hydrogen-bond donors (Lipinski definition) is 3. The minimum atomic E-state index is -5.65. The van der Waals surface area contributed by atoms with Gasteiger partial charge in [-0.15, -0.1) is 0 Å². The van der Waals surface area contributed by atoms with Crippen molar-refractivity contribution < 1.29 is 31.2 Å². The molecule has 3 aromatic carbocycles. The number of fused-ring (bicyclic) bond motifs is 2. The van der Waals surface area contributed by atoms with E-state index < -0.39 is 49.6 Å². The Labute approximate surface area is 274 Å². The molecule has 10 nitrogen and oxygen atoms in total. The van der Waals surface area contributed by atoms with Crippen molar-refractivity contribution in [1.82, 2.24) is 15.3 Å². The average Bonchev–Trinajstić information content (AvgIpc) is 3.35. The van der Waals surface area contributed by atoms with Crippen LogP contribution in [0, 0.1) is 0 Å². The monoisotopic (exact) mass is 676 g/mol. The Hall–Kier alpha value is -5.24. The number of aromatic nitrogens is 2. The van der Waals surface area contributed by atoms with Crippen LogP contribution in [-0.2, 0) is 14.6 Å². The molecule has 0 spiro atoms. The van der Waals surface area contributed by atoms with Crippen LogP contribution in [-0.4, -0.2) is 55.5 Å². The lowest BCUT2D eigenvalue weighted by molar-refractivity contribution is -0.123. The van der Waals surface area contributed by atoms with Crippen molar-refractivity contribution in [3.05, 3.63) is 96.1 Å². The molecule has 2 atom stereocenters. The number of amides is 3. The first kappa shape index (κ1) is 32.7. The second-order valence-corrected chi connectivity index (χ2v) is 13.5. The van der Waals surface area contributed by atoms with E-state index in [-0.39, 0.29) is 5.69 Å². The fourth-order valence-electron chi connectivity index (χ4n) is 6.54. The third kappa shape index (κ3) is 5.07. The van der Waals surface area contributed by atoms with E-state index in [1.807, 2.05) is 74.5 Å². The van der Waals surface area contributed by atoms with Crippen molar-refractivity contribution in [3.8, 4) is 0 Å². The van der Waals surface area contributed by atoms with Crippen molar-refractivity contribution in [2.24, 2.45) is 0 Å². The number of carbonyl (C=O) groups is 2. The van der Waals surface area contributed by atoms with Crippen LogP contribution in [0.5, 0.6) is 0 Å². The van der Waals surface area contributed by atoms with E-state index in [2.05, 4.69) is 25.9 Å². The predicted octanol–water partition coefficient (Wildman–Crippen LogP) is 6.56. The first-order valence-electron chi connectivity index (χ1n) is 15.0. The topological polar surface area (TPSA) is 133 Å². The molecule has 248 valence electrons. The summed E-state index contributed by atoms with van der Waals surface area (Å²) in [5.41, 5.74) is -4.51. The van der Waals surface area contributed by atoms with Crippen molar-refractivity contribution in [3.63, 3.8) is 0 Å². The van der Waals surface area contributed by atoms with E-state index in [1.165, 1.54) is 0 Å². The number of rotatable bonds is 8. The van der Waals surface area contributed by atoms with Crippen LogP contribution in [0.2, 0.25) is 0 Å². The number of nitrogens with one attached hydrogen (secondary N) is 3. The highest BCUT2D eigenvalue weighted by atomic mass is 32.2. The standard InChI is InChI=1S/C34H31F3N6O4S/c1-19(25-17-29(38-3)40-27-11-7-5-9-23(25)27)33(20(2)26-18-30(39-4)41-28-12-8-6-10-24(26)28)31(44)43(32(45)42-33)21-13-15-22(16-14-21)48(46,47)34(35,36)37/h5-20H,1-4H3,(H,38,40)(H,39,41)(H,42,45). The summed E-state index contributed by atoms with van der Waals surface area (Å²) in [4.78, 5) is 38.1. The lowest BCUT2D eigenvalue weighted by Crippen LogP contribution is -2.55. The molecule has 1 fully saturated rings. The van der Waals surface area contributed by atoms with Crippen LogP contribution in [0.15, 0.2) is 89.8 Å². The zero-order valence-electron chi connectivity index (χ0n) is 26.3. The predicted molar refractivity (Wildman–Crippen MR) is 178 cm³/mol. The van der Waals surface area contributed by atoms with Gasteiger partial charge in [-0.25, -0.2) is 28.1 Å². The number of carbonyl (C=O) groups excluding carboxylic acids is 2. The third-order valence-corrected chi connectivity index (χ3v) is 10.6. The molecule has 0 aliphatic carbocycles. The SMILES string of the molecule is CNc1cc(C(C)C2(C(C)c3cc(NC)nc4ccccc34)NC(=O)N(c3ccc(S(=O)(=O)C(F)(F)F)cc3)C2=O)c2ccccc2n1. The van der Waals surface area contributed by atoms with Gasteiger partial charge in [0.25, 0.3) is 15.7 Å². The maximum atomic E-state index is 15.0. The van der Waals surface area contributed by atoms with Crippen molar-refractivity contribution in [2.75, 3.05) is 29.6 Å². The number of benzene rings is 3. The molecular formula is C34H31F3N6O4S. The molecule has 3 N–H and O–H groups in total. The Morgan fingerprint density at radius 3 is 1.67 bits per heavy atom. The summed E-state index contributed by atoms with van der Waals surface area (Å²) in [6, 6.07) is 21.2. The highest BCUT2D eigenvalue weighted by Crippen LogP contribution is 2.48. The number of anilines is 3. The summed E-state index contributed by atoms with van der Waals surface area (Å²) in [6.45, 7) is 3.67. The second-order valence-electron chi connectivity index (χ2n) is 11.6. The molecule has 1 saturated heterocycles. The molecule has 2 unspecified atom stereocenters. The van der Waals surface area contributed by atoms with Gasteiger partial charge >= 0.3 is 11.5 Å². The van der Waals surface area contributed by atoms with Crippen molar-refractivity contribution in [1.29, 1.82) is 0 Å². The summed E-state index contributed by atoms with van der Waals surface area (Å²) in [5.74, 6) is -0.995. The van der Waals surface area contributed by atoms with Crippen LogP contribution in [0.25, 0.3) is 21.8 Å². The van der Waals surface area contributed by atoms with Crippen LogP contribution in [0.3, 0.4) is 0 Å². The highest BCUT2D eigenvalue weighted by Gasteiger charge is 2.59. The van der Waals surface area contributed by atoms with Gasteiger partial charge in [0.05, 0.1) is 21.6 Å². The average molecular weight is 677 g/mol. The Morgan fingerprint density at radius 2 is 1.23 bits per heavy atom. The molecular weight excluding hydrogens is 645 g/mol. The number of pyridine rings is 2. The molecule has 0 radical (unpaired) electrons. The first-order valence-corrected chi connectivity index (χ1v) is 16.5. The third-order valence-electron chi connectivity index (χ3n) is 9.09. The molecule has 2 aromatic heterocycles. The number of sulfone groups is 1. The molecule has 5 aromatic rings. The van der Waals surface area contributed by atoms with E-state index in [1.54, 1.807) is 14.1 Å². The van der Waals surface area contributed by atoms with E-state index in [0.29, 0.717) is 33.8 Å². The van der Waals surface area contributed by atoms with Gasteiger partial charge in [-0.2, -0.15) is 13.2 Å². The van der Waals surface area contributed by atoms with Gasteiger partial charge in [-0.05, 0) is 59.7 Å². The van der Waals surface area contributed by atoms with Crippen LogP contribution in [0.4, 0.5) is 35.3 Å². The number of urea groups is 1. The van der Waals surface area contributed by atoms with E-state index in [0.717, 1.165) is 39.9 Å². The molecule has 1 aliphatic heterocycles. The van der Waals surface area contributed by atoms with Crippen LogP contribution in [0.1, 0.15) is 36.8 Å². The van der Waals surface area contributed by atoms with Gasteiger partial charge in [0.1, 0.15) is 17.2 Å². The number of hydrogen-bond acceptors (Lipinski definition) is 8. The molecule has 0 saturated carbocycles. The van der Waals surface area contributed by atoms with Gasteiger partial charge in [0.2, 0.25) is 0 Å². The summed E-state index contributed by atoms with van der Waals surface area (Å²) in [7, 11) is -2.21. The molecule has 3 amide bonds. The molecule has 48 heavy (non-hydrogen) atoms. The van der Waals surface area contributed by atoms with E-state index in [9.17, 15) is 31.2 Å². The lowest BCUT2D eigenvalue weighted by Gasteiger charge is -2.39. The minimum absolute atomic E-state index is 0.0918. The van der Waals surface area contributed by atoms with Crippen LogP contribution < -0.4 is 20.9 Å². The molecule has 3 heterocycles. The van der Waals surface area contributed by atoms with E-state index >= 15 is 0 Å². The first-order chi connectivity index (χ1) is 22.7. The van der Waals surface area contributed by atoms with Crippen LogP contribution >= 0.6 is 0 Å². The maximum Gasteiger partial charge on any atom is 0.501 e. The van der Waals surface area contributed by atoms with Gasteiger partial charge in [0.15, 0.2) is 0 Å². The van der Waals surface area contributed by atoms with Gasteiger partial charge in [0, 0.05) is 36.7 Å². The summed E-state index contributed by atoms with van der Waals surface area (Å²) < 4.78 is 63.8. The summed E-state index contributed by atoms with van der Waals surface area (Å²) in [5, 5.41) is 10.6. The Kier molecular flexibility index (Phi) is 8.02. The summed E-state index contributed by atoms with van der Waals surface area (Å²) >= 11 is 0.